The second-order valence-corrected chi connectivity index (χ2v) is 6.21. The standard InChI is InChI=1S/C15H31N3O/c1-3-8-13-9-4-6-11-18(13)12-7-5-10-15(2,17)14(16)19/h13H,3-12,17H2,1-2H3,(H2,16,19). The molecule has 0 aromatic heterocycles. The zero-order valence-corrected chi connectivity index (χ0v) is 12.7. The summed E-state index contributed by atoms with van der Waals surface area (Å²) in [7, 11) is 0. The highest BCUT2D eigenvalue weighted by Gasteiger charge is 2.25. The Hall–Kier alpha value is -0.610. The summed E-state index contributed by atoms with van der Waals surface area (Å²) in [4.78, 5) is 13.8. The number of unbranched alkanes of at least 4 members (excludes halogenated alkanes) is 1. The normalized spacial score (nSPS) is 24.1. The average molecular weight is 269 g/mol. The van der Waals surface area contributed by atoms with Gasteiger partial charge in [0.25, 0.3) is 0 Å². The van der Waals surface area contributed by atoms with Crippen LogP contribution in [0.2, 0.25) is 0 Å². The summed E-state index contributed by atoms with van der Waals surface area (Å²) in [6.45, 7) is 6.37. The Morgan fingerprint density at radius 2 is 2.11 bits per heavy atom. The Kier molecular flexibility index (Phi) is 6.80. The fourth-order valence-electron chi connectivity index (χ4n) is 2.94. The van der Waals surface area contributed by atoms with Gasteiger partial charge in [-0.05, 0) is 58.5 Å². The van der Waals surface area contributed by atoms with Crippen LogP contribution in [0.1, 0.15) is 65.2 Å². The van der Waals surface area contributed by atoms with Crippen LogP contribution in [0.15, 0.2) is 0 Å². The monoisotopic (exact) mass is 269 g/mol. The van der Waals surface area contributed by atoms with E-state index >= 15 is 0 Å². The van der Waals surface area contributed by atoms with Crippen LogP contribution in [0.4, 0.5) is 0 Å². The van der Waals surface area contributed by atoms with E-state index in [0.717, 1.165) is 25.4 Å². The van der Waals surface area contributed by atoms with Crippen molar-refractivity contribution in [2.24, 2.45) is 11.5 Å². The van der Waals surface area contributed by atoms with Gasteiger partial charge in [-0.3, -0.25) is 4.79 Å². The van der Waals surface area contributed by atoms with Crippen molar-refractivity contribution < 1.29 is 4.79 Å². The van der Waals surface area contributed by atoms with Crippen LogP contribution in [-0.2, 0) is 4.79 Å². The lowest BCUT2D eigenvalue weighted by molar-refractivity contribution is -0.122. The molecule has 1 amide bonds. The van der Waals surface area contributed by atoms with Crippen molar-refractivity contribution in [3.8, 4) is 0 Å². The third kappa shape index (κ3) is 5.49. The summed E-state index contributed by atoms with van der Waals surface area (Å²) in [6.07, 6.45) is 9.42. The van der Waals surface area contributed by atoms with E-state index in [0.29, 0.717) is 6.42 Å². The van der Waals surface area contributed by atoms with E-state index in [9.17, 15) is 4.79 Å². The molecule has 0 aliphatic carbocycles. The van der Waals surface area contributed by atoms with Gasteiger partial charge in [0.05, 0.1) is 5.54 Å². The lowest BCUT2D eigenvalue weighted by Crippen LogP contribution is -2.49. The Labute approximate surface area is 117 Å². The molecule has 4 nitrogen and oxygen atoms in total. The van der Waals surface area contributed by atoms with Gasteiger partial charge in [0.2, 0.25) is 5.91 Å². The first-order valence-electron chi connectivity index (χ1n) is 7.80. The molecule has 1 aliphatic rings. The molecule has 0 aromatic carbocycles. The minimum absolute atomic E-state index is 0.394. The Balaban J connectivity index is 2.25. The van der Waals surface area contributed by atoms with Crippen molar-refractivity contribution >= 4 is 5.91 Å². The summed E-state index contributed by atoms with van der Waals surface area (Å²) < 4.78 is 0. The fourth-order valence-corrected chi connectivity index (χ4v) is 2.94. The first kappa shape index (κ1) is 16.4. The third-order valence-corrected chi connectivity index (χ3v) is 4.33. The zero-order valence-electron chi connectivity index (χ0n) is 12.7. The molecule has 1 saturated heterocycles. The van der Waals surface area contributed by atoms with Gasteiger partial charge < -0.3 is 16.4 Å². The van der Waals surface area contributed by atoms with E-state index in [2.05, 4.69) is 11.8 Å². The summed E-state index contributed by atoms with van der Waals surface area (Å²) in [5.41, 5.74) is 10.3. The Morgan fingerprint density at radius 3 is 2.74 bits per heavy atom. The van der Waals surface area contributed by atoms with Crippen LogP contribution in [0.3, 0.4) is 0 Å². The van der Waals surface area contributed by atoms with Crippen LogP contribution in [-0.4, -0.2) is 35.5 Å². The second kappa shape index (κ2) is 7.85. The summed E-state index contributed by atoms with van der Waals surface area (Å²) in [6, 6.07) is 0.777. The number of nitrogens with two attached hydrogens (primary N) is 2. The lowest BCUT2D eigenvalue weighted by Gasteiger charge is -2.36. The number of nitrogens with zero attached hydrogens (tertiary/aromatic N) is 1. The minimum atomic E-state index is -0.843. The lowest BCUT2D eigenvalue weighted by atomic mass is 9.94. The highest BCUT2D eigenvalue weighted by Crippen LogP contribution is 2.21. The number of rotatable bonds is 8. The Bertz CT molecular complexity index is 277. The molecule has 4 heteroatoms. The van der Waals surface area contributed by atoms with Crippen LogP contribution >= 0.6 is 0 Å². The minimum Gasteiger partial charge on any atom is -0.368 e. The molecule has 0 saturated carbocycles. The van der Waals surface area contributed by atoms with Gasteiger partial charge in [0, 0.05) is 6.04 Å². The van der Waals surface area contributed by atoms with E-state index in [-0.39, 0.29) is 0 Å². The van der Waals surface area contributed by atoms with Crippen molar-refractivity contribution in [3.05, 3.63) is 0 Å². The SMILES string of the molecule is CCCC1CCCCN1CCCCC(C)(N)C(N)=O. The maximum absolute atomic E-state index is 11.1. The zero-order chi connectivity index (χ0) is 14.3. The van der Waals surface area contributed by atoms with E-state index in [1.165, 1.54) is 38.6 Å². The number of likely N-dealkylation sites (tertiary alicyclic amines) is 1. The number of amides is 1. The molecule has 1 fully saturated rings. The molecular formula is C15H31N3O. The predicted octanol–water partition coefficient (Wildman–Crippen LogP) is 2.01. The molecule has 19 heavy (non-hydrogen) atoms. The number of carbonyl (C=O) groups excluding carboxylic acids is 1. The van der Waals surface area contributed by atoms with Crippen molar-refractivity contribution in [2.45, 2.75) is 76.8 Å². The smallest absolute Gasteiger partial charge is 0.237 e. The summed E-state index contributed by atoms with van der Waals surface area (Å²) >= 11 is 0. The van der Waals surface area contributed by atoms with Crippen molar-refractivity contribution in [3.63, 3.8) is 0 Å². The van der Waals surface area contributed by atoms with Gasteiger partial charge >= 0.3 is 0 Å². The first-order chi connectivity index (χ1) is 8.97. The van der Waals surface area contributed by atoms with Gasteiger partial charge in [-0.15, -0.1) is 0 Å². The van der Waals surface area contributed by atoms with Crippen molar-refractivity contribution in [2.75, 3.05) is 13.1 Å². The molecule has 0 aromatic rings. The van der Waals surface area contributed by atoms with Crippen molar-refractivity contribution in [1.82, 2.24) is 4.90 Å². The molecule has 1 aliphatic heterocycles. The van der Waals surface area contributed by atoms with Gasteiger partial charge in [-0.25, -0.2) is 0 Å². The molecular weight excluding hydrogens is 238 g/mol. The highest BCUT2D eigenvalue weighted by molar-refractivity contribution is 5.83. The van der Waals surface area contributed by atoms with Crippen molar-refractivity contribution in [1.29, 1.82) is 0 Å². The van der Waals surface area contributed by atoms with E-state index < -0.39 is 11.4 Å². The molecule has 0 spiro atoms. The maximum atomic E-state index is 11.1. The van der Waals surface area contributed by atoms with Crippen LogP contribution in [0.5, 0.6) is 0 Å². The molecule has 1 rings (SSSR count). The largest absolute Gasteiger partial charge is 0.368 e. The van der Waals surface area contributed by atoms with Gasteiger partial charge in [0.1, 0.15) is 0 Å². The molecule has 1 heterocycles. The van der Waals surface area contributed by atoms with Gasteiger partial charge in [-0.2, -0.15) is 0 Å². The number of hydrogen-bond donors (Lipinski definition) is 2. The number of carbonyl (C=O) groups is 1. The third-order valence-electron chi connectivity index (χ3n) is 4.33. The topological polar surface area (TPSA) is 72.3 Å². The van der Waals surface area contributed by atoms with E-state index in [4.69, 9.17) is 11.5 Å². The summed E-state index contributed by atoms with van der Waals surface area (Å²) in [5.74, 6) is -0.394. The summed E-state index contributed by atoms with van der Waals surface area (Å²) in [5, 5.41) is 0. The fraction of sp³-hybridized carbons (Fsp3) is 0.933. The quantitative estimate of drug-likeness (QED) is 0.662. The maximum Gasteiger partial charge on any atom is 0.237 e. The van der Waals surface area contributed by atoms with E-state index in [1.54, 1.807) is 6.92 Å². The average Bonchev–Trinajstić information content (AvgIpc) is 2.36. The van der Waals surface area contributed by atoms with E-state index in [1.807, 2.05) is 0 Å². The Morgan fingerprint density at radius 1 is 1.37 bits per heavy atom. The van der Waals surface area contributed by atoms with Gasteiger partial charge in [-0.1, -0.05) is 19.8 Å². The number of hydrogen-bond acceptors (Lipinski definition) is 3. The number of primary amides is 1. The van der Waals surface area contributed by atoms with Crippen LogP contribution in [0, 0.1) is 0 Å². The molecule has 2 unspecified atom stereocenters. The molecule has 4 N–H and O–H groups in total. The molecule has 112 valence electrons. The van der Waals surface area contributed by atoms with Crippen LogP contribution < -0.4 is 11.5 Å². The predicted molar refractivity (Wildman–Crippen MR) is 79.8 cm³/mol. The number of piperidine rings is 1. The van der Waals surface area contributed by atoms with Crippen LogP contribution in [0.25, 0.3) is 0 Å². The molecule has 0 radical (unpaired) electrons. The highest BCUT2D eigenvalue weighted by atomic mass is 16.1. The molecule has 2 atom stereocenters. The molecule has 0 bridgehead atoms. The first-order valence-corrected chi connectivity index (χ1v) is 7.80. The second-order valence-electron chi connectivity index (χ2n) is 6.21. The van der Waals surface area contributed by atoms with Gasteiger partial charge in [0.15, 0.2) is 0 Å².